The number of allylic oxidation sites excluding steroid dienone is 18. The van der Waals surface area contributed by atoms with Gasteiger partial charge in [-0.3, -0.25) is 14.4 Å². The summed E-state index contributed by atoms with van der Waals surface area (Å²) in [7, 11) is 0. The van der Waals surface area contributed by atoms with Gasteiger partial charge in [0.1, 0.15) is 13.2 Å². The van der Waals surface area contributed by atoms with Crippen molar-refractivity contribution in [1.29, 1.82) is 0 Å². The summed E-state index contributed by atoms with van der Waals surface area (Å²) in [6, 6.07) is 0. The molecule has 0 saturated carbocycles. The molecule has 1 atom stereocenters. The van der Waals surface area contributed by atoms with Crippen molar-refractivity contribution < 1.29 is 28.6 Å². The number of rotatable bonds is 51. The molecule has 0 rings (SSSR count). The third kappa shape index (κ3) is 55.0. The molecule has 0 aliphatic heterocycles. The van der Waals surface area contributed by atoms with Gasteiger partial charge in [-0.1, -0.05) is 265 Å². The SMILES string of the molecule is CC\C=C/C=C\C=C/C=C\CCCCCCCC(=O)OCC(COC(=O)CCCCC/C=C\C/C=C\C/C=C\C/C=C\C/C=C\CC)OC(=O)CCCCCCCCCCCCCCCCCCCC. The second-order valence-electron chi connectivity index (χ2n) is 18.9. The molecule has 0 aromatic rings. The molecule has 0 saturated heterocycles. The molecule has 0 aromatic carbocycles. The minimum Gasteiger partial charge on any atom is -0.462 e. The zero-order valence-corrected chi connectivity index (χ0v) is 45.5. The van der Waals surface area contributed by atoms with Crippen molar-refractivity contribution in [3.63, 3.8) is 0 Å². The first-order chi connectivity index (χ1) is 34.5. The highest BCUT2D eigenvalue weighted by molar-refractivity contribution is 5.71. The van der Waals surface area contributed by atoms with E-state index in [9.17, 15) is 14.4 Å². The van der Waals surface area contributed by atoms with E-state index in [4.69, 9.17) is 14.2 Å². The van der Waals surface area contributed by atoms with Crippen LogP contribution < -0.4 is 0 Å². The summed E-state index contributed by atoms with van der Waals surface area (Å²) in [4.78, 5) is 38.2. The monoisotopic (exact) mass is 971 g/mol. The van der Waals surface area contributed by atoms with Crippen molar-refractivity contribution in [3.05, 3.63) is 109 Å². The number of hydrogen-bond donors (Lipinski definition) is 0. The fourth-order valence-electron chi connectivity index (χ4n) is 7.83. The lowest BCUT2D eigenvalue weighted by Gasteiger charge is -2.18. The second kappa shape index (κ2) is 57.6. The Morgan fingerprint density at radius 1 is 0.314 bits per heavy atom. The quantitative estimate of drug-likeness (QED) is 0.0199. The highest BCUT2D eigenvalue weighted by atomic mass is 16.6. The van der Waals surface area contributed by atoms with E-state index in [1.165, 1.54) is 96.3 Å². The Kier molecular flexibility index (Phi) is 54.4. The Morgan fingerprint density at radius 2 is 0.629 bits per heavy atom. The highest BCUT2D eigenvalue weighted by Crippen LogP contribution is 2.16. The Morgan fingerprint density at radius 3 is 1.06 bits per heavy atom. The summed E-state index contributed by atoms with van der Waals surface area (Å²) >= 11 is 0. The van der Waals surface area contributed by atoms with E-state index in [1.807, 2.05) is 18.2 Å². The summed E-state index contributed by atoms with van der Waals surface area (Å²) in [6.45, 7) is 6.35. The molecule has 0 bridgehead atoms. The smallest absolute Gasteiger partial charge is 0.306 e. The van der Waals surface area contributed by atoms with Crippen LogP contribution in [0.15, 0.2) is 109 Å². The van der Waals surface area contributed by atoms with Crippen molar-refractivity contribution in [3.8, 4) is 0 Å². The van der Waals surface area contributed by atoms with Crippen molar-refractivity contribution in [2.24, 2.45) is 0 Å². The van der Waals surface area contributed by atoms with Crippen molar-refractivity contribution >= 4 is 17.9 Å². The van der Waals surface area contributed by atoms with E-state index in [-0.39, 0.29) is 31.1 Å². The predicted octanol–water partition coefficient (Wildman–Crippen LogP) is 19.5. The number of hydrogen-bond acceptors (Lipinski definition) is 6. The molecule has 0 spiro atoms. The van der Waals surface area contributed by atoms with Crippen LogP contribution in [0.3, 0.4) is 0 Å². The van der Waals surface area contributed by atoms with Gasteiger partial charge in [0, 0.05) is 19.3 Å². The van der Waals surface area contributed by atoms with Crippen LogP contribution in [0.25, 0.3) is 0 Å². The van der Waals surface area contributed by atoms with Gasteiger partial charge in [0.15, 0.2) is 6.10 Å². The van der Waals surface area contributed by atoms with Crippen molar-refractivity contribution in [2.75, 3.05) is 13.2 Å². The van der Waals surface area contributed by atoms with Gasteiger partial charge in [-0.2, -0.15) is 0 Å². The topological polar surface area (TPSA) is 78.9 Å². The van der Waals surface area contributed by atoms with Crippen LogP contribution in [0.1, 0.15) is 258 Å². The molecule has 0 aliphatic carbocycles. The molecule has 0 heterocycles. The van der Waals surface area contributed by atoms with E-state index in [1.54, 1.807) is 0 Å². The van der Waals surface area contributed by atoms with Crippen LogP contribution >= 0.6 is 0 Å². The summed E-state index contributed by atoms with van der Waals surface area (Å²) in [5.74, 6) is -0.950. The minimum absolute atomic E-state index is 0.101. The number of carbonyl (C=O) groups excluding carboxylic acids is 3. The van der Waals surface area contributed by atoms with Crippen LogP contribution in [0.4, 0.5) is 0 Å². The Balaban J connectivity index is 4.47. The third-order valence-electron chi connectivity index (χ3n) is 12.1. The van der Waals surface area contributed by atoms with Crippen molar-refractivity contribution in [2.45, 2.75) is 264 Å². The maximum absolute atomic E-state index is 12.9. The van der Waals surface area contributed by atoms with E-state index in [0.717, 1.165) is 122 Å². The van der Waals surface area contributed by atoms with Crippen LogP contribution in [-0.4, -0.2) is 37.2 Å². The zero-order chi connectivity index (χ0) is 50.7. The van der Waals surface area contributed by atoms with Crippen LogP contribution in [0.5, 0.6) is 0 Å². The van der Waals surface area contributed by atoms with E-state index in [0.29, 0.717) is 19.3 Å². The lowest BCUT2D eigenvalue weighted by Crippen LogP contribution is -2.30. The molecule has 0 amide bonds. The Labute approximate surface area is 431 Å². The third-order valence-corrected chi connectivity index (χ3v) is 12.1. The molecule has 0 radical (unpaired) electrons. The van der Waals surface area contributed by atoms with Gasteiger partial charge in [0.25, 0.3) is 0 Å². The number of carbonyl (C=O) groups is 3. The maximum Gasteiger partial charge on any atom is 0.306 e. The fraction of sp³-hybridized carbons (Fsp3) is 0.672. The van der Waals surface area contributed by atoms with Crippen molar-refractivity contribution in [1.82, 2.24) is 0 Å². The van der Waals surface area contributed by atoms with Crippen LogP contribution in [0, 0.1) is 0 Å². The molecule has 0 aromatic heterocycles. The average Bonchev–Trinajstić information content (AvgIpc) is 3.36. The van der Waals surface area contributed by atoms with E-state index >= 15 is 0 Å². The molecule has 70 heavy (non-hydrogen) atoms. The Bertz CT molecular complexity index is 1440. The first-order valence-corrected chi connectivity index (χ1v) is 28.9. The summed E-state index contributed by atoms with van der Waals surface area (Å²) in [5, 5.41) is 0. The average molecular weight is 972 g/mol. The molecular formula is C64H106O6. The fourth-order valence-corrected chi connectivity index (χ4v) is 7.83. The second-order valence-corrected chi connectivity index (χ2v) is 18.9. The van der Waals surface area contributed by atoms with Gasteiger partial charge in [0.2, 0.25) is 0 Å². The number of esters is 3. The Hall–Kier alpha value is -3.93. The summed E-state index contributed by atoms with van der Waals surface area (Å²) in [5.41, 5.74) is 0. The molecule has 0 N–H and O–H groups in total. The maximum atomic E-state index is 12.9. The van der Waals surface area contributed by atoms with Gasteiger partial charge in [0.05, 0.1) is 0 Å². The molecular weight excluding hydrogens is 865 g/mol. The van der Waals surface area contributed by atoms with Crippen LogP contribution in [-0.2, 0) is 28.6 Å². The molecule has 0 aliphatic rings. The largest absolute Gasteiger partial charge is 0.462 e. The zero-order valence-electron chi connectivity index (χ0n) is 45.5. The normalized spacial score (nSPS) is 12.9. The van der Waals surface area contributed by atoms with Gasteiger partial charge in [-0.05, 0) is 83.5 Å². The van der Waals surface area contributed by atoms with Gasteiger partial charge >= 0.3 is 17.9 Å². The van der Waals surface area contributed by atoms with Gasteiger partial charge in [-0.15, -0.1) is 0 Å². The highest BCUT2D eigenvalue weighted by Gasteiger charge is 2.19. The molecule has 398 valence electrons. The molecule has 6 heteroatoms. The van der Waals surface area contributed by atoms with Crippen LogP contribution in [0.2, 0.25) is 0 Å². The lowest BCUT2D eigenvalue weighted by atomic mass is 10.0. The molecule has 6 nitrogen and oxygen atoms in total. The molecule has 1 unspecified atom stereocenters. The first-order valence-electron chi connectivity index (χ1n) is 28.9. The predicted molar refractivity (Wildman–Crippen MR) is 302 cm³/mol. The minimum atomic E-state index is -0.803. The lowest BCUT2D eigenvalue weighted by molar-refractivity contribution is -0.167. The number of ether oxygens (including phenoxy) is 3. The number of unbranched alkanes of at least 4 members (excludes halogenated alkanes) is 25. The first kappa shape index (κ1) is 66.1. The van der Waals surface area contributed by atoms with E-state index < -0.39 is 6.10 Å². The standard InChI is InChI=1S/C64H106O6/c1-4-7-10-13-16-19-22-25-28-30-32-34-36-39-42-45-48-51-54-57-63(66)69-60-61(59-68-62(65)56-53-50-47-44-41-38-35-27-24-21-18-15-12-9-6-3)70-64(67)58-55-52-49-46-43-40-37-33-31-29-26-23-20-17-14-11-8-5-2/h7,9-10,12,15-16,18-19,21,24-25,27-28,32,34-35,39,42,61H,4-6,8,11,13-14,17,20,22-23,26,29-31,33,36-38,40-41,43-60H2,1-3H3/b10-7-,12-9-,18-15-,19-16-,24-21-,28-25-,34-32-,35-27-,42-39-. The summed E-state index contributed by atoms with van der Waals surface area (Å²) < 4.78 is 16.8. The summed E-state index contributed by atoms with van der Waals surface area (Å²) in [6.07, 6.45) is 77.9. The van der Waals surface area contributed by atoms with Gasteiger partial charge in [-0.25, -0.2) is 0 Å². The van der Waals surface area contributed by atoms with Gasteiger partial charge < -0.3 is 14.2 Å². The van der Waals surface area contributed by atoms with E-state index in [2.05, 4.69) is 112 Å². The molecule has 0 fully saturated rings.